The fraction of sp³-hybridized carbons (Fsp3) is 0.440. The Kier molecular flexibility index (Phi) is 6.60. The highest BCUT2D eigenvalue weighted by Crippen LogP contribution is 2.46. The molecule has 3 aromatic rings. The van der Waals surface area contributed by atoms with E-state index in [1.54, 1.807) is 19.3 Å². The topological polar surface area (TPSA) is 64.3 Å². The molecule has 0 aliphatic carbocycles. The van der Waals surface area contributed by atoms with Gasteiger partial charge in [0.1, 0.15) is 0 Å². The fourth-order valence-electron chi connectivity index (χ4n) is 5.20. The van der Waals surface area contributed by atoms with Crippen LogP contribution in [0.25, 0.3) is 16.5 Å². The van der Waals surface area contributed by atoms with Crippen LogP contribution in [-0.2, 0) is 11.2 Å². The van der Waals surface area contributed by atoms with E-state index in [4.69, 9.17) is 4.74 Å². The second kappa shape index (κ2) is 9.25. The van der Waals surface area contributed by atoms with E-state index in [1.165, 1.54) is 4.68 Å². The summed E-state index contributed by atoms with van der Waals surface area (Å²) in [5.74, 6) is 0.117. The molecule has 0 spiro atoms. The van der Waals surface area contributed by atoms with Crippen LogP contribution in [0.5, 0.6) is 0 Å². The molecule has 5 nitrogen and oxygen atoms in total. The maximum Gasteiger partial charge on any atom is 0.279 e. The summed E-state index contributed by atoms with van der Waals surface area (Å²) in [4.78, 5) is 12.9. The Hall–Kier alpha value is -2.35. The molecule has 2 aromatic carbocycles. The van der Waals surface area contributed by atoms with Gasteiger partial charge in [-0.3, -0.25) is 4.79 Å². The van der Waals surface area contributed by atoms with Crippen molar-refractivity contribution in [1.82, 2.24) is 9.78 Å². The van der Waals surface area contributed by atoms with Crippen molar-refractivity contribution in [3.05, 3.63) is 70.6 Å². The third-order valence-electron chi connectivity index (χ3n) is 6.68. The number of aliphatic hydroxyl groups excluding tert-OH is 1. The van der Waals surface area contributed by atoms with E-state index in [-0.39, 0.29) is 35.8 Å². The monoisotopic (exact) mass is 454 g/mol. The third-order valence-corrected chi connectivity index (χ3v) is 9.16. The predicted molar refractivity (Wildman–Crippen MR) is 128 cm³/mol. The molecule has 0 saturated carbocycles. The molecule has 170 valence electrons. The highest BCUT2D eigenvalue weighted by molar-refractivity contribution is 6.72. The number of aryl methyl sites for hydroxylation is 1. The van der Waals surface area contributed by atoms with Crippen molar-refractivity contribution in [3.8, 4) is 5.69 Å². The average Bonchev–Trinajstić information content (AvgIpc) is 3.08. The minimum atomic E-state index is -2.90. The van der Waals surface area contributed by atoms with Gasteiger partial charge in [0.05, 0.1) is 29.5 Å². The first-order valence-corrected chi connectivity index (χ1v) is 14.3. The normalized spacial score (nSPS) is 23.7. The van der Waals surface area contributed by atoms with Gasteiger partial charge in [0.15, 0.2) is 0 Å². The molecule has 0 radical (unpaired) electrons. The Bertz CT molecular complexity index is 1140. The lowest BCUT2D eigenvalue weighted by Gasteiger charge is -2.28. The zero-order chi connectivity index (χ0) is 22.9. The van der Waals surface area contributed by atoms with Gasteiger partial charge in [-0.15, -0.1) is 0 Å². The van der Waals surface area contributed by atoms with Crippen molar-refractivity contribution in [3.63, 3.8) is 0 Å². The van der Waals surface area contributed by atoms with E-state index in [1.807, 2.05) is 48.5 Å². The van der Waals surface area contributed by atoms with E-state index in [0.29, 0.717) is 11.8 Å². The number of nitrogens with zero attached hydrogens (tertiary/aromatic N) is 2. The molecule has 1 aromatic heterocycles. The maximum absolute atomic E-state index is 15.0. The van der Waals surface area contributed by atoms with E-state index in [2.05, 4.69) is 12.0 Å². The van der Waals surface area contributed by atoms with Gasteiger partial charge in [-0.2, -0.15) is 9.78 Å². The van der Waals surface area contributed by atoms with Gasteiger partial charge in [0, 0.05) is 17.5 Å². The summed E-state index contributed by atoms with van der Waals surface area (Å²) in [7, 11) is -2.90. The van der Waals surface area contributed by atoms with Crippen LogP contribution in [0.1, 0.15) is 25.3 Å². The first-order valence-electron chi connectivity index (χ1n) is 11.3. The van der Waals surface area contributed by atoms with Crippen LogP contribution in [0.15, 0.2) is 59.5 Å². The summed E-state index contributed by atoms with van der Waals surface area (Å²) in [6.07, 6.45) is 3.48. The van der Waals surface area contributed by atoms with Crippen LogP contribution in [-0.4, -0.2) is 42.1 Å². The first kappa shape index (κ1) is 22.8. The summed E-state index contributed by atoms with van der Waals surface area (Å²) < 4.78 is 22.6. The number of benzene rings is 2. The lowest BCUT2D eigenvalue weighted by molar-refractivity contribution is 0.0193. The molecule has 2 heterocycles. The molecule has 1 fully saturated rings. The van der Waals surface area contributed by atoms with Crippen molar-refractivity contribution in [2.45, 2.75) is 57.0 Å². The summed E-state index contributed by atoms with van der Waals surface area (Å²) in [6.45, 7) is 5.57. The molecule has 1 saturated heterocycles. The van der Waals surface area contributed by atoms with Crippen molar-refractivity contribution in [2.75, 3.05) is 6.61 Å². The summed E-state index contributed by atoms with van der Waals surface area (Å²) in [5, 5.41) is 15.2. The largest absolute Gasteiger partial charge is 0.396 e. The molecule has 0 amide bonds. The Morgan fingerprint density at radius 2 is 1.91 bits per heavy atom. The molecule has 1 aliphatic rings. The summed E-state index contributed by atoms with van der Waals surface area (Å²) in [6, 6.07) is 15.3. The number of aliphatic hydroxyl groups is 1. The Balaban J connectivity index is 1.52. The number of hydrogen-bond donors (Lipinski definition) is 1. The Morgan fingerprint density at radius 3 is 2.66 bits per heavy atom. The van der Waals surface area contributed by atoms with Crippen LogP contribution in [0.2, 0.25) is 18.6 Å². The number of rotatable bonds is 7. The minimum Gasteiger partial charge on any atom is -0.396 e. The minimum absolute atomic E-state index is 0.0145. The van der Waals surface area contributed by atoms with Gasteiger partial charge in [-0.25, -0.2) is 0 Å². The second-order valence-electron chi connectivity index (χ2n) is 9.33. The van der Waals surface area contributed by atoms with E-state index < -0.39 is 8.41 Å². The van der Waals surface area contributed by atoms with E-state index >= 15 is 0 Å². The number of fused-ring (bicyclic) bond motifs is 1. The van der Waals surface area contributed by atoms with Gasteiger partial charge in [-0.1, -0.05) is 37.3 Å². The summed E-state index contributed by atoms with van der Waals surface area (Å²) >= 11 is 0. The van der Waals surface area contributed by atoms with Crippen LogP contribution in [0.4, 0.5) is 4.11 Å². The molecule has 0 unspecified atom stereocenters. The van der Waals surface area contributed by atoms with E-state index in [9.17, 15) is 14.0 Å². The van der Waals surface area contributed by atoms with Crippen molar-refractivity contribution in [2.24, 2.45) is 5.92 Å². The zero-order valence-electron chi connectivity index (χ0n) is 18.9. The number of halogens is 1. The second-order valence-corrected chi connectivity index (χ2v) is 13.1. The molecule has 4 rings (SSSR count). The third kappa shape index (κ3) is 4.56. The van der Waals surface area contributed by atoms with Gasteiger partial charge in [0.2, 0.25) is 8.41 Å². The lowest BCUT2D eigenvalue weighted by Crippen LogP contribution is -2.36. The first-order chi connectivity index (χ1) is 15.3. The van der Waals surface area contributed by atoms with Gasteiger partial charge in [0.25, 0.3) is 5.56 Å². The molecule has 0 bridgehead atoms. The highest BCUT2D eigenvalue weighted by atomic mass is 28.4. The van der Waals surface area contributed by atoms with Crippen LogP contribution >= 0.6 is 0 Å². The smallest absolute Gasteiger partial charge is 0.279 e. The van der Waals surface area contributed by atoms with E-state index in [0.717, 1.165) is 29.5 Å². The Labute approximate surface area is 189 Å². The zero-order valence-corrected chi connectivity index (χ0v) is 19.9. The molecule has 32 heavy (non-hydrogen) atoms. The lowest BCUT2D eigenvalue weighted by atomic mass is 9.95. The van der Waals surface area contributed by atoms with Crippen LogP contribution in [0, 0.1) is 5.92 Å². The molecule has 1 N–H and O–H groups in total. The maximum atomic E-state index is 15.0. The Morgan fingerprint density at radius 1 is 1.12 bits per heavy atom. The molecular formula is C25H31FN2O3Si. The number of aromatic nitrogens is 2. The predicted octanol–water partition coefficient (Wildman–Crippen LogP) is 4.65. The van der Waals surface area contributed by atoms with Crippen LogP contribution in [0.3, 0.4) is 0 Å². The SMILES string of the molecule is C[C@@H]1[C@@H]([Si](C)(C)F)[C@H](CCO)O[C@@H]1CCc1cccc(-n2ncc3ccccc3c2=O)c1. The molecular weight excluding hydrogens is 423 g/mol. The number of hydrogen-bond acceptors (Lipinski definition) is 4. The number of ether oxygens (including phenoxy) is 1. The fourth-order valence-corrected chi connectivity index (χ4v) is 7.80. The molecule has 7 heteroatoms. The van der Waals surface area contributed by atoms with Crippen molar-refractivity contribution >= 4 is 19.2 Å². The summed E-state index contributed by atoms with van der Waals surface area (Å²) in [5.41, 5.74) is 1.57. The van der Waals surface area contributed by atoms with Gasteiger partial charge < -0.3 is 14.0 Å². The van der Waals surface area contributed by atoms with Gasteiger partial charge >= 0.3 is 0 Å². The quantitative estimate of drug-likeness (QED) is 0.417. The standard InChI is InChI=1S/C25H31FN2O3Si/c1-17-22(31-23(13-14-29)24(17)32(2,3)26)12-11-18-7-6-9-20(15-18)28-25(30)21-10-5-4-8-19(21)16-27-28/h4-10,15-17,22-24,29H,11-14H2,1-3H3/t17-,22+,23-,24+/m0/s1. The van der Waals surface area contributed by atoms with Crippen molar-refractivity contribution in [1.29, 1.82) is 0 Å². The van der Waals surface area contributed by atoms with Crippen molar-refractivity contribution < 1.29 is 14.0 Å². The van der Waals surface area contributed by atoms with Gasteiger partial charge in [-0.05, 0) is 62.0 Å². The van der Waals surface area contributed by atoms with Crippen LogP contribution < -0.4 is 5.56 Å². The average molecular weight is 455 g/mol. The highest BCUT2D eigenvalue weighted by Gasteiger charge is 2.50. The molecule has 4 atom stereocenters. The molecule has 1 aliphatic heterocycles.